The smallest absolute Gasteiger partial charge is 0.116 e. The first kappa shape index (κ1) is 20.3. The Morgan fingerprint density at radius 1 is 0.767 bits per heavy atom. The van der Waals surface area contributed by atoms with Crippen molar-refractivity contribution in [1.29, 1.82) is 0 Å². The molecular weight excluding hydrogens is 364 g/mol. The lowest BCUT2D eigenvalue weighted by Crippen LogP contribution is -2.36. The highest BCUT2D eigenvalue weighted by Crippen LogP contribution is 2.60. The lowest BCUT2D eigenvalue weighted by molar-refractivity contribution is 0.320. The monoisotopic (exact) mass is 394 g/mol. The summed E-state index contributed by atoms with van der Waals surface area (Å²) in [7, 11) is 0. The van der Waals surface area contributed by atoms with Gasteiger partial charge in [0.1, 0.15) is 6.34 Å². The van der Waals surface area contributed by atoms with Crippen LogP contribution in [0.4, 0.5) is 0 Å². The van der Waals surface area contributed by atoms with Gasteiger partial charge in [0.25, 0.3) is 0 Å². The molecule has 2 atom stereocenters. The van der Waals surface area contributed by atoms with Gasteiger partial charge in [-0.3, -0.25) is 0 Å². The minimum Gasteiger partial charge on any atom is -0.240 e. The first-order valence-electron chi connectivity index (χ1n) is 11.0. The quantitative estimate of drug-likeness (QED) is 0.515. The molecule has 2 heteroatoms. The van der Waals surface area contributed by atoms with Gasteiger partial charge in [-0.05, 0) is 36.1 Å². The summed E-state index contributed by atoms with van der Waals surface area (Å²) in [6, 6.07) is 19.2. The van der Waals surface area contributed by atoms with E-state index < -0.39 is 0 Å². The third kappa shape index (κ3) is 3.02. The maximum Gasteiger partial charge on any atom is 0.116 e. The van der Waals surface area contributed by atoms with Crippen LogP contribution in [0.2, 0.25) is 0 Å². The predicted molar refractivity (Wildman–Crippen MR) is 130 cm³/mol. The summed E-state index contributed by atoms with van der Waals surface area (Å²) < 4.78 is 0. The van der Waals surface area contributed by atoms with Crippen LogP contribution in [0.15, 0.2) is 94.5 Å². The maximum atomic E-state index is 4.75. The van der Waals surface area contributed by atoms with Crippen LogP contribution in [0, 0.1) is 10.8 Å². The summed E-state index contributed by atoms with van der Waals surface area (Å²) in [4.78, 5) is 9.44. The Morgan fingerprint density at radius 3 is 2.03 bits per heavy atom. The van der Waals surface area contributed by atoms with E-state index in [4.69, 9.17) is 4.99 Å². The van der Waals surface area contributed by atoms with E-state index >= 15 is 0 Å². The average Bonchev–Trinajstić information content (AvgIpc) is 3.15. The van der Waals surface area contributed by atoms with Gasteiger partial charge in [-0.15, -0.1) is 0 Å². The zero-order valence-electron chi connectivity index (χ0n) is 18.4. The second kappa shape index (κ2) is 8.02. The van der Waals surface area contributed by atoms with Crippen LogP contribution in [0.5, 0.6) is 0 Å². The molecule has 0 radical (unpaired) electrons. The van der Waals surface area contributed by atoms with Gasteiger partial charge in [-0.1, -0.05) is 100 Å². The van der Waals surface area contributed by atoms with E-state index in [1.807, 2.05) is 6.07 Å². The van der Waals surface area contributed by atoms with E-state index in [2.05, 4.69) is 106 Å². The minimum atomic E-state index is -0.133. The van der Waals surface area contributed by atoms with E-state index in [1.54, 1.807) is 6.34 Å². The molecule has 30 heavy (non-hydrogen) atoms. The zero-order chi connectivity index (χ0) is 21.2. The molecule has 3 aliphatic rings. The third-order valence-electron chi connectivity index (χ3n) is 6.56. The van der Waals surface area contributed by atoms with Crippen molar-refractivity contribution in [2.75, 3.05) is 0 Å². The van der Waals surface area contributed by atoms with Crippen LogP contribution < -0.4 is 0 Å². The van der Waals surface area contributed by atoms with Crippen LogP contribution >= 0.6 is 0 Å². The summed E-state index contributed by atoms with van der Waals surface area (Å²) in [6.45, 7) is 8.82. The van der Waals surface area contributed by atoms with Crippen LogP contribution in [-0.4, -0.2) is 12.1 Å². The van der Waals surface area contributed by atoms with Gasteiger partial charge in [-0.2, -0.15) is 0 Å². The van der Waals surface area contributed by atoms with E-state index in [0.29, 0.717) is 0 Å². The fourth-order valence-electron chi connectivity index (χ4n) is 4.79. The van der Waals surface area contributed by atoms with Gasteiger partial charge < -0.3 is 0 Å². The maximum absolute atomic E-state index is 4.75. The molecule has 0 saturated carbocycles. The van der Waals surface area contributed by atoms with E-state index in [-0.39, 0.29) is 10.8 Å². The van der Waals surface area contributed by atoms with Crippen molar-refractivity contribution in [3.8, 4) is 11.1 Å². The minimum absolute atomic E-state index is 0.0180. The summed E-state index contributed by atoms with van der Waals surface area (Å²) in [6.07, 6.45) is 13.1. The number of benzene rings is 2. The molecule has 2 nitrogen and oxygen atoms in total. The normalized spacial score (nSPS) is 25.5. The number of aliphatic imine (C=N–C) groups is 2. The van der Waals surface area contributed by atoms with Gasteiger partial charge in [0, 0.05) is 16.4 Å². The Balaban J connectivity index is 0.000000687. The lowest BCUT2D eigenvalue weighted by Gasteiger charge is -2.37. The average molecular weight is 395 g/mol. The first-order valence-corrected chi connectivity index (χ1v) is 11.0. The van der Waals surface area contributed by atoms with Gasteiger partial charge in [-0.25, -0.2) is 9.98 Å². The van der Waals surface area contributed by atoms with Crippen LogP contribution in [0.3, 0.4) is 0 Å². The molecule has 2 aromatic rings. The van der Waals surface area contributed by atoms with Crippen molar-refractivity contribution in [3.63, 3.8) is 0 Å². The Labute approximate surface area is 180 Å². The summed E-state index contributed by atoms with van der Waals surface area (Å²) in [5.41, 5.74) is 6.90. The number of hydrogen-bond donors (Lipinski definition) is 0. The molecule has 0 spiro atoms. The van der Waals surface area contributed by atoms with Crippen LogP contribution in [-0.2, 0) is 0 Å². The molecule has 0 fully saturated rings. The van der Waals surface area contributed by atoms with Gasteiger partial charge in [0.2, 0.25) is 0 Å². The Bertz CT molecular complexity index is 1070. The summed E-state index contributed by atoms with van der Waals surface area (Å²) in [5.74, 6) is 0. The van der Waals surface area contributed by atoms with Crippen molar-refractivity contribution >= 4 is 17.7 Å². The van der Waals surface area contributed by atoms with Gasteiger partial charge in [0.05, 0.1) is 11.4 Å². The molecule has 1 aliphatic heterocycles. The van der Waals surface area contributed by atoms with Crippen molar-refractivity contribution in [1.82, 2.24) is 0 Å². The second-order valence-corrected chi connectivity index (χ2v) is 8.36. The molecule has 5 rings (SSSR count). The Hall–Kier alpha value is -3.00. The SMILES string of the molecule is CCC.CCC12C=CC3=NC=NC(c4ccc(-c5ccccc5)cc4)=C(C=C1)C32C. The van der Waals surface area contributed by atoms with Crippen molar-refractivity contribution in [2.45, 2.75) is 40.5 Å². The highest BCUT2D eigenvalue weighted by atomic mass is 14.9. The summed E-state index contributed by atoms with van der Waals surface area (Å²) >= 11 is 0. The molecule has 152 valence electrons. The molecular formula is C28H30N2. The number of allylic oxidation sites excluding steroid dienone is 5. The van der Waals surface area contributed by atoms with E-state index in [9.17, 15) is 0 Å². The van der Waals surface area contributed by atoms with Crippen molar-refractivity contribution in [2.24, 2.45) is 20.8 Å². The molecule has 2 aliphatic carbocycles. The number of nitrogens with zero attached hydrogens (tertiary/aromatic N) is 2. The fraction of sp³-hybridized carbons (Fsp3) is 0.286. The molecule has 2 unspecified atom stereocenters. The Kier molecular flexibility index (Phi) is 5.42. The van der Waals surface area contributed by atoms with Gasteiger partial charge >= 0.3 is 0 Å². The molecule has 2 aromatic carbocycles. The predicted octanol–water partition coefficient (Wildman–Crippen LogP) is 7.51. The van der Waals surface area contributed by atoms with E-state index in [0.717, 1.165) is 23.4 Å². The molecule has 0 aromatic heterocycles. The molecule has 1 heterocycles. The summed E-state index contributed by atoms with van der Waals surface area (Å²) in [5, 5.41) is 0. The molecule has 0 bridgehead atoms. The highest BCUT2D eigenvalue weighted by molar-refractivity contribution is 6.12. The third-order valence-corrected chi connectivity index (χ3v) is 6.56. The van der Waals surface area contributed by atoms with E-state index in [1.165, 1.54) is 23.1 Å². The number of rotatable bonds is 3. The molecule has 0 saturated heterocycles. The molecule has 0 N–H and O–H groups in total. The number of hydrogen-bond acceptors (Lipinski definition) is 2. The first-order chi connectivity index (χ1) is 14.6. The molecule has 0 amide bonds. The standard InChI is InChI=1S/C25H22N2.C3H8/c1-3-25-15-13-21-23(27-17-26-22(14-16-25)24(21,25)2)20-11-9-19(10-12-20)18-7-5-4-6-8-18;1-3-2/h4-17H,3H2,1-2H3;3H2,1-2H3. The second-order valence-electron chi connectivity index (χ2n) is 8.36. The van der Waals surface area contributed by atoms with Crippen molar-refractivity contribution < 1.29 is 0 Å². The van der Waals surface area contributed by atoms with Crippen LogP contribution in [0.1, 0.15) is 46.1 Å². The topological polar surface area (TPSA) is 24.7 Å². The fourth-order valence-corrected chi connectivity index (χ4v) is 4.79. The zero-order valence-corrected chi connectivity index (χ0v) is 18.4. The highest BCUT2D eigenvalue weighted by Gasteiger charge is 2.56. The largest absolute Gasteiger partial charge is 0.240 e. The lowest BCUT2D eigenvalue weighted by atomic mass is 9.64. The van der Waals surface area contributed by atoms with Crippen molar-refractivity contribution in [3.05, 3.63) is 90.0 Å². The Morgan fingerprint density at radius 2 is 1.37 bits per heavy atom. The van der Waals surface area contributed by atoms with Crippen LogP contribution in [0.25, 0.3) is 16.8 Å². The van der Waals surface area contributed by atoms with Gasteiger partial charge in [0.15, 0.2) is 0 Å².